The van der Waals surface area contributed by atoms with Crippen molar-refractivity contribution in [1.29, 1.82) is 0 Å². The summed E-state index contributed by atoms with van der Waals surface area (Å²) in [6.45, 7) is 1.38. The molecule has 1 N–H and O–H groups in total. The summed E-state index contributed by atoms with van der Waals surface area (Å²) in [5.74, 6) is 0. The fourth-order valence-corrected chi connectivity index (χ4v) is 2.11. The Hall–Kier alpha value is -0.680. The predicted octanol–water partition coefficient (Wildman–Crippen LogP) is 1.63. The van der Waals surface area contributed by atoms with Crippen molar-refractivity contribution in [2.75, 3.05) is 20.3 Å². The maximum Gasteiger partial charge on any atom is 0.159 e. The molecule has 1 aromatic rings. The molecule has 2 rings (SSSR count). The van der Waals surface area contributed by atoms with E-state index >= 15 is 0 Å². The van der Waals surface area contributed by atoms with Crippen molar-refractivity contribution in [3.63, 3.8) is 0 Å². The van der Waals surface area contributed by atoms with Gasteiger partial charge in [0.05, 0.1) is 18.2 Å². The normalized spacial score (nSPS) is 18.5. The first kappa shape index (κ1) is 12.8. The molecule has 17 heavy (non-hydrogen) atoms. The third-order valence-corrected chi connectivity index (χ3v) is 3.24. The lowest BCUT2D eigenvalue weighted by Gasteiger charge is -2.19. The van der Waals surface area contributed by atoms with Crippen molar-refractivity contribution in [2.24, 2.45) is 0 Å². The van der Waals surface area contributed by atoms with Crippen molar-refractivity contribution in [3.8, 4) is 0 Å². The zero-order chi connectivity index (χ0) is 12.1. The molecule has 1 aliphatic heterocycles. The second-order valence-corrected chi connectivity index (χ2v) is 4.47. The SMILES string of the molecule is CNC(Cc1ccncc1Cl)CC1OCCO1. The molecule has 0 amide bonds. The molecule has 1 fully saturated rings. The number of nitrogens with zero attached hydrogens (tertiary/aromatic N) is 1. The average Bonchev–Trinajstić information content (AvgIpc) is 2.84. The van der Waals surface area contributed by atoms with Crippen molar-refractivity contribution < 1.29 is 9.47 Å². The summed E-state index contributed by atoms with van der Waals surface area (Å²) in [6.07, 6.45) is 5.02. The van der Waals surface area contributed by atoms with Gasteiger partial charge in [-0.1, -0.05) is 11.6 Å². The third kappa shape index (κ3) is 3.64. The zero-order valence-electron chi connectivity index (χ0n) is 9.86. The van der Waals surface area contributed by atoms with E-state index < -0.39 is 0 Å². The molecule has 4 nitrogen and oxygen atoms in total. The Kier molecular flexibility index (Phi) is 4.74. The summed E-state index contributed by atoms with van der Waals surface area (Å²) in [7, 11) is 1.94. The van der Waals surface area contributed by atoms with E-state index in [9.17, 15) is 0 Å². The Labute approximate surface area is 106 Å². The summed E-state index contributed by atoms with van der Waals surface area (Å²) in [4.78, 5) is 3.98. The van der Waals surface area contributed by atoms with E-state index in [0.29, 0.717) is 18.2 Å². The minimum atomic E-state index is -0.0898. The van der Waals surface area contributed by atoms with Gasteiger partial charge in [0.25, 0.3) is 0 Å². The molecule has 1 saturated heterocycles. The number of rotatable bonds is 5. The van der Waals surface area contributed by atoms with E-state index in [1.165, 1.54) is 0 Å². The van der Waals surface area contributed by atoms with E-state index in [0.717, 1.165) is 18.4 Å². The lowest BCUT2D eigenvalue weighted by molar-refractivity contribution is -0.0522. The van der Waals surface area contributed by atoms with Crippen molar-refractivity contribution in [2.45, 2.75) is 25.2 Å². The molecule has 1 aliphatic rings. The number of pyridine rings is 1. The first-order chi connectivity index (χ1) is 8.29. The number of nitrogens with one attached hydrogen (secondary N) is 1. The highest BCUT2D eigenvalue weighted by Crippen LogP contribution is 2.18. The monoisotopic (exact) mass is 256 g/mol. The molecule has 0 aromatic carbocycles. The van der Waals surface area contributed by atoms with Crippen LogP contribution in [-0.2, 0) is 15.9 Å². The Balaban J connectivity index is 1.92. The highest BCUT2D eigenvalue weighted by atomic mass is 35.5. The van der Waals surface area contributed by atoms with Gasteiger partial charge in [-0.15, -0.1) is 0 Å². The topological polar surface area (TPSA) is 43.4 Å². The second-order valence-electron chi connectivity index (χ2n) is 4.06. The molecule has 5 heteroatoms. The number of ether oxygens (including phenoxy) is 2. The molecular weight excluding hydrogens is 240 g/mol. The first-order valence-corrected chi connectivity index (χ1v) is 6.16. The van der Waals surface area contributed by atoms with Crippen molar-refractivity contribution in [1.82, 2.24) is 10.3 Å². The molecule has 0 aliphatic carbocycles. The van der Waals surface area contributed by atoms with E-state index in [2.05, 4.69) is 10.3 Å². The molecule has 0 saturated carbocycles. The zero-order valence-corrected chi connectivity index (χ0v) is 10.6. The predicted molar refractivity (Wildman–Crippen MR) is 66.1 cm³/mol. The van der Waals surface area contributed by atoms with Gasteiger partial charge in [-0.05, 0) is 25.1 Å². The molecule has 1 atom stereocenters. The minimum Gasteiger partial charge on any atom is -0.350 e. The van der Waals surface area contributed by atoms with E-state index in [1.807, 2.05) is 13.1 Å². The van der Waals surface area contributed by atoms with Crippen LogP contribution in [0.5, 0.6) is 0 Å². The Bertz CT molecular complexity index is 356. The smallest absolute Gasteiger partial charge is 0.159 e. The lowest BCUT2D eigenvalue weighted by atomic mass is 10.0. The fraction of sp³-hybridized carbons (Fsp3) is 0.583. The summed E-state index contributed by atoms with van der Waals surface area (Å²) in [5, 5.41) is 3.97. The second kappa shape index (κ2) is 6.31. The molecule has 0 spiro atoms. The van der Waals surface area contributed by atoms with Crippen LogP contribution < -0.4 is 5.32 Å². The van der Waals surface area contributed by atoms with Crippen LogP contribution in [0.25, 0.3) is 0 Å². The largest absolute Gasteiger partial charge is 0.350 e. The Morgan fingerprint density at radius 2 is 2.29 bits per heavy atom. The van der Waals surface area contributed by atoms with Gasteiger partial charge in [-0.3, -0.25) is 4.98 Å². The standard InChI is InChI=1S/C12H17ClN2O2/c1-14-10(7-12-16-4-5-17-12)6-9-2-3-15-8-11(9)13/h2-3,8,10,12,14H,4-7H2,1H3. The minimum absolute atomic E-state index is 0.0898. The quantitative estimate of drug-likeness (QED) is 0.870. The van der Waals surface area contributed by atoms with Crippen LogP contribution in [0.1, 0.15) is 12.0 Å². The number of hydrogen-bond acceptors (Lipinski definition) is 4. The molecule has 0 bridgehead atoms. The maximum atomic E-state index is 6.09. The molecule has 0 radical (unpaired) electrons. The van der Waals surface area contributed by atoms with Crippen LogP contribution in [0, 0.1) is 0 Å². The Morgan fingerprint density at radius 3 is 2.94 bits per heavy atom. The van der Waals surface area contributed by atoms with Crippen LogP contribution in [0.15, 0.2) is 18.5 Å². The van der Waals surface area contributed by atoms with Crippen LogP contribution in [0.4, 0.5) is 0 Å². The van der Waals surface area contributed by atoms with Crippen molar-refractivity contribution >= 4 is 11.6 Å². The van der Waals surface area contributed by atoms with Gasteiger partial charge in [0.2, 0.25) is 0 Å². The number of aromatic nitrogens is 1. The highest BCUT2D eigenvalue weighted by Gasteiger charge is 2.21. The van der Waals surface area contributed by atoms with Crippen molar-refractivity contribution in [3.05, 3.63) is 29.0 Å². The summed E-state index contributed by atoms with van der Waals surface area (Å²) in [6, 6.07) is 2.24. The number of halogens is 1. The van der Waals surface area contributed by atoms with E-state index in [1.54, 1.807) is 12.4 Å². The van der Waals surface area contributed by atoms with Crippen LogP contribution in [0.3, 0.4) is 0 Å². The number of hydrogen-bond donors (Lipinski definition) is 1. The van der Waals surface area contributed by atoms with Gasteiger partial charge < -0.3 is 14.8 Å². The van der Waals surface area contributed by atoms with E-state index in [4.69, 9.17) is 21.1 Å². The highest BCUT2D eigenvalue weighted by molar-refractivity contribution is 6.31. The molecule has 1 unspecified atom stereocenters. The van der Waals surface area contributed by atoms with Crippen LogP contribution in [-0.4, -0.2) is 37.6 Å². The van der Waals surface area contributed by atoms with Gasteiger partial charge >= 0.3 is 0 Å². The van der Waals surface area contributed by atoms with Gasteiger partial charge in [-0.25, -0.2) is 0 Å². The Morgan fingerprint density at radius 1 is 1.53 bits per heavy atom. The lowest BCUT2D eigenvalue weighted by Crippen LogP contribution is -2.32. The summed E-state index contributed by atoms with van der Waals surface area (Å²) < 4.78 is 10.9. The van der Waals surface area contributed by atoms with Gasteiger partial charge in [0.15, 0.2) is 6.29 Å². The van der Waals surface area contributed by atoms with Crippen LogP contribution in [0.2, 0.25) is 5.02 Å². The molecule has 1 aromatic heterocycles. The fourth-order valence-electron chi connectivity index (χ4n) is 1.91. The van der Waals surface area contributed by atoms with Gasteiger partial charge in [0.1, 0.15) is 0 Å². The van der Waals surface area contributed by atoms with Gasteiger partial charge in [-0.2, -0.15) is 0 Å². The molecule has 94 valence electrons. The van der Waals surface area contributed by atoms with E-state index in [-0.39, 0.29) is 12.3 Å². The summed E-state index contributed by atoms with van der Waals surface area (Å²) in [5.41, 5.74) is 1.10. The summed E-state index contributed by atoms with van der Waals surface area (Å²) >= 11 is 6.09. The van der Waals surface area contributed by atoms with Crippen LogP contribution >= 0.6 is 11.6 Å². The third-order valence-electron chi connectivity index (χ3n) is 2.90. The first-order valence-electron chi connectivity index (χ1n) is 5.78. The average molecular weight is 257 g/mol. The number of likely N-dealkylation sites (N-methyl/N-ethyl adjacent to an activating group) is 1. The van der Waals surface area contributed by atoms with Gasteiger partial charge in [0, 0.05) is 24.9 Å². The molecular formula is C12H17ClN2O2. The maximum absolute atomic E-state index is 6.09. The molecule has 2 heterocycles.